The summed E-state index contributed by atoms with van der Waals surface area (Å²) >= 11 is 5.71. The summed E-state index contributed by atoms with van der Waals surface area (Å²) in [5.74, 6) is 1.78. The second kappa shape index (κ2) is 16.9. The normalized spacial score (nSPS) is 13.0. The molecule has 9 rings (SSSR count). The lowest BCUT2D eigenvalue weighted by Gasteiger charge is -2.33. The molecule has 0 saturated heterocycles. The number of hydrogen-bond donors (Lipinski definition) is 0. The van der Waals surface area contributed by atoms with Gasteiger partial charge in [-0.25, -0.2) is 0 Å². The van der Waals surface area contributed by atoms with Crippen LogP contribution in [0.2, 0.25) is 0 Å². The molecule has 0 unspecified atom stereocenters. The van der Waals surface area contributed by atoms with Crippen molar-refractivity contribution in [3.05, 3.63) is 132 Å². The van der Waals surface area contributed by atoms with Crippen LogP contribution in [0.5, 0.6) is 11.5 Å². The maximum atomic E-state index is 5.43. The van der Waals surface area contributed by atoms with Crippen LogP contribution in [0, 0.1) is 0 Å². The summed E-state index contributed by atoms with van der Waals surface area (Å²) in [4.78, 5) is 5.27. The predicted octanol–water partition coefficient (Wildman–Crippen LogP) is 17.1. The van der Waals surface area contributed by atoms with E-state index in [0.29, 0.717) is 0 Å². The SMILES string of the molecule is CCCCCCC1(CCCCCC)c2cc(-c3ccc(-c4ccc(OC)cc4)s3)ccc2-c2ccc(-c3cc4cc5sc(-c6ccc(OC)cc6)cc5cc4s3)cc21. The number of thiophene rings is 3. The van der Waals surface area contributed by atoms with Crippen molar-refractivity contribution >= 4 is 54.2 Å². The maximum absolute atomic E-state index is 5.43. The Bertz CT molecular complexity index is 2610. The summed E-state index contributed by atoms with van der Waals surface area (Å²) in [6.07, 6.45) is 12.6. The van der Waals surface area contributed by atoms with Crippen LogP contribution >= 0.6 is 34.0 Å². The molecule has 1 aliphatic carbocycles. The molecule has 0 fully saturated rings. The van der Waals surface area contributed by atoms with Gasteiger partial charge in [0.25, 0.3) is 0 Å². The number of fused-ring (bicyclic) bond motifs is 5. The Hall–Kier alpha value is -4.68. The van der Waals surface area contributed by atoms with Crippen molar-refractivity contribution in [2.75, 3.05) is 14.2 Å². The Morgan fingerprint density at radius 3 is 1.33 bits per heavy atom. The van der Waals surface area contributed by atoms with Gasteiger partial charge in [0.15, 0.2) is 0 Å². The fourth-order valence-corrected chi connectivity index (χ4v) is 12.4. The molecule has 0 bridgehead atoms. The van der Waals surface area contributed by atoms with Gasteiger partial charge in [-0.15, -0.1) is 34.0 Å². The van der Waals surface area contributed by atoms with Crippen LogP contribution in [-0.2, 0) is 5.41 Å². The van der Waals surface area contributed by atoms with Crippen LogP contribution in [0.25, 0.3) is 73.1 Å². The molecule has 0 spiro atoms. The third-order valence-corrected chi connectivity index (χ3v) is 15.8. The van der Waals surface area contributed by atoms with Crippen molar-refractivity contribution in [1.29, 1.82) is 0 Å². The van der Waals surface area contributed by atoms with Gasteiger partial charge in [-0.1, -0.05) is 89.5 Å². The highest BCUT2D eigenvalue weighted by atomic mass is 32.1. The van der Waals surface area contributed by atoms with Gasteiger partial charge in [0, 0.05) is 34.3 Å². The van der Waals surface area contributed by atoms with E-state index in [-0.39, 0.29) is 5.41 Å². The number of benzene rings is 5. The van der Waals surface area contributed by atoms with Gasteiger partial charge in [-0.3, -0.25) is 0 Å². The molecule has 0 N–H and O–H groups in total. The van der Waals surface area contributed by atoms with Crippen LogP contribution in [0.15, 0.2) is 121 Å². The summed E-state index contributed by atoms with van der Waals surface area (Å²) in [5, 5.41) is 2.65. The van der Waals surface area contributed by atoms with Gasteiger partial charge in [-0.05, 0) is 165 Å². The van der Waals surface area contributed by atoms with Gasteiger partial charge in [0.05, 0.1) is 14.2 Å². The number of methoxy groups -OCH3 is 2. The van der Waals surface area contributed by atoms with Gasteiger partial charge in [-0.2, -0.15) is 0 Å². The molecule has 5 heteroatoms. The molecule has 1 aliphatic rings. The van der Waals surface area contributed by atoms with Crippen LogP contribution in [-0.4, -0.2) is 14.2 Å². The summed E-state index contributed by atoms with van der Waals surface area (Å²) in [7, 11) is 3.45. The number of unbranched alkanes of at least 4 members (excludes halogenated alkanes) is 6. The molecule has 0 radical (unpaired) electrons. The third-order valence-electron chi connectivity index (χ3n) is 12.4. The monoisotopic (exact) mass is 816 g/mol. The zero-order valence-electron chi connectivity index (χ0n) is 34.2. The van der Waals surface area contributed by atoms with E-state index in [1.54, 1.807) is 25.3 Å². The molecule has 0 saturated carbocycles. The first-order valence-electron chi connectivity index (χ1n) is 21.2. The zero-order valence-corrected chi connectivity index (χ0v) is 36.6. The lowest BCUT2D eigenvalue weighted by molar-refractivity contribution is 0.401. The molecule has 2 nitrogen and oxygen atoms in total. The van der Waals surface area contributed by atoms with Gasteiger partial charge < -0.3 is 9.47 Å². The van der Waals surface area contributed by atoms with Crippen molar-refractivity contribution < 1.29 is 9.47 Å². The largest absolute Gasteiger partial charge is 0.497 e. The van der Waals surface area contributed by atoms with Crippen molar-refractivity contribution in [3.63, 3.8) is 0 Å². The average Bonchev–Trinajstić information content (AvgIpc) is 4.07. The van der Waals surface area contributed by atoms with E-state index in [2.05, 4.69) is 123 Å². The zero-order chi connectivity index (χ0) is 39.6. The van der Waals surface area contributed by atoms with Gasteiger partial charge in [0.2, 0.25) is 0 Å². The highest BCUT2D eigenvalue weighted by Crippen LogP contribution is 2.56. The van der Waals surface area contributed by atoms with E-state index in [1.807, 2.05) is 46.1 Å². The second-order valence-corrected chi connectivity index (χ2v) is 19.2. The first-order valence-corrected chi connectivity index (χ1v) is 23.6. The van der Waals surface area contributed by atoms with E-state index in [1.165, 1.54) is 137 Å². The number of ether oxygens (including phenoxy) is 2. The molecule has 294 valence electrons. The second-order valence-electron chi connectivity index (χ2n) is 16.0. The molecule has 0 amide bonds. The summed E-state index contributed by atoms with van der Waals surface area (Å²) in [5.41, 5.74) is 11.1. The fraction of sp³-hybridized carbons (Fsp3) is 0.283. The number of rotatable bonds is 16. The average molecular weight is 817 g/mol. The lowest BCUT2D eigenvalue weighted by Crippen LogP contribution is -2.25. The van der Waals surface area contributed by atoms with Crippen LogP contribution in [0.1, 0.15) is 89.2 Å². The fourth-order valence-electron chi connectivity index (χ4n) is 9.19. The summed E-state index contributed by atoms with van der Waals surface area (Å²) in [6.45, 7) is 4.66. The van der Waals surface area contributed by atoms with Crippen molar-refractivity contribution in [3.8, 4) is 64.4 Å². The van der Waals surface area contributed by atoms with Crippen molar-refractivity contribution in [2.24, 2.45) is 0 Å². The molecule has 3 aromatic heterocycles. The maximum Gasteiger partial charge on any atom is 0.118 e. The Morgan fingerprint density at radius 2 is 0.845 bits per heavy atom. The highest BCUT2D eigenvalue weighted by Gasteiger charge is 2.42. The third kappa shape index (κ3) is 7.42. The molecule has 5 aromatic carbocycles. The molecule has 0 atom stereocenters. The predicted molar refractivity (Wildman–Crippen MR) is 254 cm³/mol. The Kier molecular flexibility index (Phi) is 11.3. The highest BCUT2D eigenvalue weighted by molar-refractivity contribution is 7.24. The van der Waals surface area contributed by atoms with E-state index in [4.69, 9.17) is 9.47 Å². The summed E-state index contributed by atoms with van der Waals surface area (Å²) in [6, 6.07) is 46.0. The van der Waals surface area contributed by atoms with E-state index in [0.717, 1.165) is 11.5 Å². The minimum atomic E-state index is 0.00535. The molecule has 58 heavy (non-hydrogen) atoms. The smallest absolute Gasteiger partial charge is 0.118 e. The minimum absolute atomic E-state index is 0.00535. The summed E-state index contributed by atoms with van der Waals surface area (Å²) < 4.78 is 13.5. The molecule has 3 heterocycles. The molecule has 8 aromatic rings. The molecular weight excluding hydrogens is 765 g/mol. The van der Waals surface area contributed by atoms with Gasteiger partial charge >= 0.3 is 0 Å². The number of hydrogen-bond acceptors (Lipinski definition) is 5. The van der Waals surface area contributed by atoms with Crippen molar-refractivity contribution in [1.82, 2.24) is 0 Å². The van der Waals surface area contributed by atoms with E-state index >= 15 is 0 Å². The Balaban J connectivity index is 1.10. The van der Waals surface area contributed by atoms with Gasteiger partial charge in [0.1, 0.15) is 11.5 Å². The molecular formula is C53H52O2S3. The first kappa shape index (κ1) is 38.8. The quantitative estimate of drug-likeness (QED) is 0.0905. The lowest BCUT2D eigenvalue weighted by atomic mass is 9.70. The standard InChI is InChI=1S/C53H52O2S3/c1-5-7-9-11-27-53(28-12-10-8-6-2)45-29-37(48-26-25-47(56-48)35-13-19-41(54-3)20-14-35)17-23-43(45)44-24-18-38(30-46(44)53)50-32-40-34-51-39(33-52(40)58-50)31-49(57-51)36-15-21-42(55-4)22-16-36/h13-26,29-34H,5-12,27-28H2,1-4H3. The van der Waals surface area contributed by atoms with E-state index < -0.39 is 0 Å². The molecule has 0 aliphatic heterocycles. The van der Waals surface area contributed by atoms with Crippen LogP contribution < -0.4 is 9.47 Å². The first-order chi connectivity index (χ1) is 28.5. The van der Waals surface area contributed by atoms with Crippen LogP contribution in [0.4, 0.5) is 0 Å². The Labute approximate surface area is 356 Å². The topological polar surface area (TPSA) is 18.5 Å². The van der Waals surface area contributed by atoms with E-state index in [9.17, 15) is 0 Å². The minimum Gasteiger partial charge on any atom is -0.497 e. The van der Waals surface area contributed by atoms with Crippen molar-refractivity contribution in [2.45, 2.75) is 83.5 Å². The Morgan fingerprint density at radius 1 is 0.414 bits per heavy atom. The van der Waals surface area contributed by atoms with Crippen LogP contribution in [0.3, 0.4) is 0 Å².